The number of fused-ring (bicyclic) bond motifs is 1. The number of aromatic nitrogens is 1. The fourth-order valence-corrected chi connectivity index (χ4v) is 3.06. The zero-order valence-corrected chi connectivity index (χ0v) is 15.1. The maximum atomic E-state index is 12.4. The van der Waals surface area contributed by atoms with Crippen molar-refractivity contribution in [1.82, 2.24) is 5.16 Å². The molecular weight excluding hydrogens is 312 g/mol. The van der Waals surface area contributed by atoms with Crippen LogP contribution in [0.15, 0.2) is 40.9 Å². The Hall–Kier alpha value is -2.62. The number of hydrogen-bond donors (Lipinski definition) is 1. The molecule has 25 heavy (non-hydrogen) atoms. The minimum atomic E-state index is -0.0873. The molecular formula is C21H24N2O2. The second-order valence-corrected chi connectivity index (χ2v) is 6.61. The van der Waals surface area contributed by atoms with Crippen molar-refractivity contribution in [2.45, 2.75) is 46.5 Å². The number of nitrogens with zero attached hydrogens (tertiary/aromatic N) is 1. The van der Waals surface area contributed by atoms with Gasteiger partial charge in [0.1, 0.15) is 5.69 Å². The van der Waals surface area contributed by atoms with Crippen molar-refractivity contribution in [2.24, 2.45) is 0 Å². The Morgan fingerprint density at radius 2 is 1.92 bits per heavy atom. The molecule has 0 aliphatic carbocycles. The Balaban J connectivity index is 1.68. The quantitative estimate of drug-likeness (QED) is 0.691. The van der Waals surface area contributed by atoms with Crippen molar-refractivity contribution < 1.29 is 9.32 Å². The molecule has 3 rings (SSSR count). The molecule has 1 N–H and O–H groups in total. The number of nitrogens with one attached hydrogen (secondary N) is 1. The molecule has 130 valence electrons. The SMILES string of the molecule is CCCCc1ccc(NC(=O)Cc2noc3c(C)cc(C)cc23)cc1. The molecule has 0 spiro atoms. The summed E-state index contributed by atoms with van der Waals surface area (Å²) in [6, 6.07) is 12.1. The van der Waals surface area contributed by atoms with Crippen LogP contribution >= 0.6 is 0 Å². The van der Waals surface area contributed by atoms with Gasteiger partial charge in [0, 0.05) is 11.1 Å². The van der Waals surface area contributed by atoms with Gasteiger partial charge in [-0.3, -0.25) is 4.79 Å². The Labute approximate surface area is 148 Å². The Morgan fingerprint density at radius 3 is 2.64 bits per heavy atom. The van der Waals surface area contributed by atoms with E-state index < -0.39 is 0 Å². The van der Waals surface area contributed by atoms with Gasteiger partial charge in [-0.25, -0.2) is 0 Å². The Morgan fingerprint density at radius 1 is 1.16 bits per heavy atom. The van der Waals surface area contributed by atoms with E-state index in [9.17, 15) is 4.79 Å². The molecule has 1 heterocycles. The lowest BCUT2D eigenvalue weighted by Crippen LogP contribution is -2.14. The normalized spacial score (nSPS) is 11.0. The number of carbonyl (C=O) groups excluding carboxylic acids is 1. The smallest absolute Gasteiger partial charge is 0.230 e. The largest absolute Gasteiger partial charge is 0.356 e. The van der Waals surface area contributed by atoms with Crippen molar-refractivity contribution in [2.75, 3.05) is 5.32 Å². The summed E-state index contributed by atoms with van der Waals surface area (Å²) in [7, 11) is 0. The zero-order chi connectivity index (χ0) is 17.8. The summed E-state index contributed by atoms with van der Waals surface area (Å²) in [6.07, 6.45) is 3.65. The number of carbonyl (C=O) groups is 1. The van der Waals surface area contributed by atoms with Crippen LogP contribution in [0, 0.1) is 13.8 Å². The van der Waals surface area contributed by atoms with Crippen LogP contribution in [0.25, 0.3) is 11.0 Å². The number of anilines is 1. The van der Waals surface area contributed by atoms with Gasteiger partial charge >= 0.3 is 0 Å². The number of unbranched alkanes of at least 4 members (excludes halogenated alkanes) is 1. The van der Waals surface area contributed by atoms with Crippen molar-refractivity contribution in [3.05, 3.63) is 58.8 Å². The van der Waals surface area contributed by atoms with E-state index in [0.717, 1.165) is 34.2 Å². The van der Waals surface area contributed by atoms with Gasteiger partial charge in [-0.15, -0.1) is 0 Å². The highest BCUT2D eigenvalue weighted by molar-refractivity contribution is 5.95. The highest BCUT2D eigenvalue weighted by atomic mass is 16.5. The van der Waals surface area contributed by atoms with Crippen molar-refractivity contribution in [3.8, 4) is 0 Å². The molecule has 3 aromatic rings. The molecule has 1 amide bonds. The first-order valence-electron chi connectivity index (χ1n) is 8.81. The van der Waals surface area contributed by atoms with E-state index in [4.69, 9.17) is 4.52 Å². The summed E-state index contributed by atoms with van der Waals surface area (Å²) in [6.45, 7) is 6.21. The van der Waals surface area contributed by atoms with Crippen LogP contribution in [0.5, 0.6) is 0 Å². The van der Waals surface area contributed by atoms with E-state index in [0.29, 0.717) is 5.69 Å². The fraction of sp³-hybridized carbons (Fsp3) is 0.333. The van der Waals surface area contributed by atoms with Gasteiger partial charge in [0.05, 0.1) is 6.42 Å². The van der Waals surface area contributed by atoms with Gasteiger partial charge in [-0.1, -0.05) is 36.7 Å². The van der Waals surface area contributed by atoms with Crippen LogP contribution < -0.4 is 5.32 Å². The Bertz CT molecular complexity index is 879. The molecule has 0 unspecified atom stereocenters. The number of amides is 1. The molecule has 2 aromatic carbocycles. The van der Waals surface area contributed by atoms with Gasteiger partial charge in [-0.05, 0) is 61.6 Å². The molecule has 0 radical (unpaired) electrons. The predicted molar refractivity (Wildman–Crippen MR) is 101 cm³/mol. The maximum absolute atomic E-state index is 12.4. The third-order valence-corrected chi connectivity index (χ3v) is 4.36. The lowest BCUT2D eigenvalue weighted by molar-refractivity contribution is -0.115. The number of rotatable bonds is 6. The van der Waals surface area contributed by atoms with E-state index in [1.807, 2.05) is 32.0 Å². The van der Waals surface area contributed by atoms with Crippen molar-refractivity contribution in [1.29, 1.82) is 0 Å². The molecule has 0 saturated carbocycles. The van der Waals surface area contributed by atoms with Crippen LogP contribution in [0.4, 0.5) is 5.69 Å². The molecule has 0 aliphatic rings. The first-order valence-corrected chi connectivity index (χ1v) is 8.81. The first-order chi connectivity index (χ1) is 12.1. The molecule has 0 bridgehead atoms. The third kappa shape index (κ3) is 4.08. The van der Waals surface area contributed by atoms with Crippen LogP contribution in [-0.4, -0.2) is 11.1 Å². The fourth-order valence-electron chi connectivity index (χ4n) is 3.06. The molecule has 1 aromatic heterocycles. The second kappa shape index (κ2) is 7.51. The summed E-state index contributed by atoms with van der Waals surface area (Å²) in [4.78, 5) is 12.4. The summed E-state index contributed by atoms with van der Waals surface area (Å²) >= 11 is 0. The van der Waals surface area contributed by atoms with Crippen molar-refractivity contribution >= 4 is 22.6 Å². The minimum Gasteiger partial charge on any atom is -0.356 e. The lowest BCUT2D eigenvalue weighted by atomic mass is 10.1. The minimum absolute atomic E-state index is 0.0873. The lowest BCUT2D eigenvalue weighted by Gasteiger charge is -2.06. The summed E-state index contributed by atoms with van der Waals surface area (Å²) in [5.74, 6) is -0.0873. The number of benzene rings is 2. The molecule has 0 aliphatic heterocycles. The van der Waals surface area contributed by atoms with E-state index in [1.165, 1.54) is 18.4 Å². The monoisotopic (exact) mass is 336 g/mol. The van der Waals surface area contributed by atoms with Gasteiger partial charge < -0.3 is 9.84 Å². The Kier molecular flexibility index (Phi) is 5.17. The third-order valence-electron chi connectivity index (χ3n) is 4.36. The van der Waals surface area contributed by atoms with Gasteiger partial charge in [0.15, 0.2) is 5.58 Å². The van der Waals surface area contributed by atoms with Gasteiger partial charge in [0.2, 0.25) is 5.91 Å². The van der Waals surface area contributed by atoms with Crippen molar-refractivity contribution in [3.63, 3.8) is 0 Å². The van der Waals surface area contributed by atoms with Crippen LogP contribution in [-0.2, 0) is 17.6 Å². The molecule has 0 fully saturated rings. The maximum Gasteiger partial charge on any atom is 0.230 e. The molecule has 0 saturated heterocycles. The van der Waals surface area contributed by atoms with Crippen LogP contribution in [0.2, 0.25) is 0 Å². The predicted octanol–water partition coefficient (Wildman–Crippen LogP) is 4.97. The molecule has 4 nitrogen and oxygen atoms in total. The topological polar surface area (TPSA) is 55.1 Å². The second-order valence-electron chi connectivity index (χ2n) is 6.61. The molecule has 0 atom stereocenters. The first kappa shape index (κ1) is 17.2. The average Bonchev–Trinajstić information content (AvgIpc) is 2.97. The standard InChI is InChI=1S/C21H24N2O2/c1-4-5-6-16-7-9-17(10-8-16)22-20(24)13-19-18-12-14(2)11-15(3)21(18)25-23-19/h7-12H,4-6,13H2,1-3H3,(H,22,24). The highest BCUT2D eigenvalue weighted by Gasteiger charge is 2.14. The van der Waals surface area contributed by atoms with Gasteiger partial charge in [0.25, 0.3) is 0 Å². The summed E-state index contributed by atoms with van der Waals surface area (Å²) in [5.41, 5.74) is 5.72. The van der Waals surface area contributed by atoms with Crippen LogP contribution in [0.3, 0.4) is 0 Å². The van der Waals surface area contributed by atoms with Gasteiger partial charge in [-0.2, -0.15) is 0 Å². The molecule has 4 heteroatoms. The van der Waals surface area contributed by atoms with E-state index >= 15 is 0 Å². The van der Waals surface area contributed by atoms with E-state index in [-0.39, 0.29) is 12.3 Å². The zero-order valence-electron chi connectivity index (χ0n) is 15.1. The van der Waals surface area contributed by atoms with E-state index in [2.05, 4.69) is 35.6 Å². The number of aryl methyl sites for hydroxylation is 3. The highest BCUT2D eigenvalue weighted by Crippen LogP contribution is 2.24. The summed E-state index contributed by atoms with van der Waals surface area (Å²) < 4.78 is 5.41. The number of hydrogen-bond acceptors (Lipinski definition) is 3. The van der Waals surface area contributed by atoms with Crippen LogP contribution in [0.1, 0.15) is 42.1 Å². The average molecular weight is 336 g/mol. The summed E-state index contributed by atoms with van der Waals surface area (Å²) in [5, 5.41) is 7.95. The van der Waals surface area contributed by atoms with E-state index in [1.54, 1.807) is 0 Å².